The molecule has 11 heteroatoms. The van der Waals surface area contributed by atoms with Crippen molar-refractivity contribution >= 4 is 17.4 Å². The van der Waals surface area contributed by atoms with Gasteiger partial charge in [0.15, 0.2) is 0 Å². The molecule has 2 aromatic carbocycles. The third kappa shape index (κ3) is 4.63. The first kappa shape index (κ1) is 25.7. The van der Waals surface area contributed by atoms with Crippen LogP contribution < -0.4 is 10.2 Å². The van der Waals surface area contributed by atoms with Gasteiger partial charge in [0.05, 0.1) is 25.3 Å². The minimum absolute atomic E-state index is 0.0304. The van der Waals surface area contributed by atoms with E-state index >= 15 is 0 Å². The molecule has 4 heterocycles. The summed E-state index contributed by atoms with van der Waals surface area (Å²) in [7, 11) is 1.87. The number of ether oxygens (including phenoxy) is 1. The highest BCUT2D eigenvalue weighted by molar-refractivity contribution is 6.10. The van der Waals surface area contributed by atoms with E-state index in [1.165, 1.54) is 11.0 Å². The Morgan fingerprint density at radius 3 is 2.67 bits per heavy atom. The first-order valence-electron chi connectivity index (χ1n) is 12.9. The van der Waals surface area contributed by atoms with Crippen LogP contribution in [0.3, 0.4) is 0 Å². The Morgan fingerprint density at radius 2 is 2.00 bits per heavy atom. The predicted octanol–water partition coefficient (Wildman–Crippen LogP) is 3.23. The number of anilines is 1. The fourth-order valence-electron chi connectivity index (χ4n) is 5.82. The quantitative estimate of drug-likeness (QED) is 0.518. The number of hydrogen-bond donors (Lipinski definition) is 1. The number of benzene rings is 2. The highest BCUT2D eigenvalue weighted by Gasteiger charge is 2.43. The van der Waals surface area contributed by atoms with Gasteiger partial charge in [-0.3, -0.25) is 9.59 Å². The maximum absolute atomic E-state index is 14.2. The van der Waals surface area contributed by atoms with Crippen LogP contribution in [0.25, 0.3) is 0 Å². The van der Waals surface area contributed by atoms with Gasteiger partial charge in [0, 0.05) is 55.6 Å². The second-order valence-electron chi connectivity index (χ2n) is 10.7. The molecule has 2 fully saturated rings. The zero-order valence-corrected chi connectivity index (χ0v) is 21.4. The lowest BCUT2D eigenvalue weighted by Crippen LogP contribution is -2.49. The lowest BCUT2D eigenvalue weighted by Gasteiger charge is -2.42. The number of Topliss-reactive ketones (excluding diaryl/α,β-unsaturated/α-hetero) is 1. The molecule has 1 atom stereocenters. The first-order valence-corrected chi connectivity index (χ1v) is 12.9. The number of carbonyl (C=O) groups is 2. The van der Waals surface area contributed by atoms with E-state index in [0.29, 0.717) is 50.4 Å². The SMILES string of the molecule is Cn1cnnc1CC1(c2cccc(N3Cc4c(cc(CC5CNCCC5=O)cc4C(F)(F)F)C3=O)c2)COC1. The number of alkyl halides is 3. The molecule has 0 bridgehead atoms. The molecule has 0 radical (unpaired) electrons. The Kier molecular flexibility index (Phi) is 6.30. The van der Waals surface area contributed by atoms with Gasteiger partial charge in [-0.15, -0.1) is 10.2 Å². The number of amides is 1. The summed E-state index contributed by atoms with van der Waals surface area (Å²) in [5, 5.41) is 11.3. The van der Waals surface area contributed by atoms with Gasteiger partial charge in [-0.1, -0.05) is 12.1 Å². The van der Waals surface area contributed by atoms with Crippen LogP contribution in [0.2, 0.25) is 0 Å². The zero-order valence-electron chi connectivity index (χ0n) is 21.4. The van der Waals surface area contributed by atoms with Gasteiger partial charge < -0.3 is 19.5 Å². The fourth-order valence-corrected chi connectivity index (χ4v) is 5.82. The number of aromatic nitrogens is 3. The molecule has 8 nitrogen and oxygen atoms in total. The summed E-state index contributed by atoms with van der Waals surface area (Å²) < 4.78 is 50.0. The number of carbonyl (C=O) groups excluding carboxylic acids is 2. The Labute approximate surface area is 223 Å². The molecule has 1 amide bonds. The van der Waals surface area contributed by atoms with Gasteiger partial charge in [0.2, 0.25) is 0 Å². The van der Waals surface area contributed by atoms with Gasteiger partial charge in [-0.2, -0.15) is 13.2 Å². The van der Waals surface area contributed by atoms with E-state index in [1.807, 2.05) is 29.8 Å². The highest BCUT2D eigenvalue weighted by atomic mass is 19.4. The Hall–Kier alpha value is -3.57. The van der Waals surface area contributed by atoms with E-state index in [0.717, 1.165) is 17.5 Å². The largest absolute Gasteiger partial charge is 0.416 e. The van der Waals surface area contributed by atoms with E-state index in [9.17, 15) is 22.8 Å². The van der Waals surface area contributed by atoms with Crippen molar-refractivity contribution in [2.75, 3.05) is 31.2 Å². The van der Waals surface area contributed by atoms with E-state index in [2.05, 4.69) is 15.5 Å². The van der Waals surface area contributed by atoms with Crippen LogP contribution >= 0.6 is 0 Å². The molecule has 2 saturated heterocycles. The normalized spacial score (nSPS) is 20.7. The molecule has 1 aromatic heterocycles. The van der Waals surface area contributed by atoms with E-state index in [4.69, 9.17) is 4.74 Å². The summed E-state index contributed by atoms with van der Waals surface area (Å²) in [4.78, 5) is 27.3. The molecule has 39 heavy (non-hydrogen) atoms. The molecule has 6 rings (SSSR count). The summed E-state index contributed by atoms with van der Waals surface area (Å²) in [5.74, 6) is -0.0584. The predicted molar refractivity (Wildman–Crippen MR) is 135 cm³/mol. The van der Waals surface area contributed by atoms with Gasteiger partial charge >= 0.3 is 6.18 Å². The number of nitrogens with one attached hydrogen (secondary N) is 1. The average Bonchev–Trinajstić information content (AvgIpc) is 3.44. The molecular weight excluding hydrogens is 511 g/mol. The molecular formula is C28H28F3N5O3. The maximum Gasteiger partial charge on any atom is 0.416 e. The number of rotatable bonds is 6. The molecule has 3 aliphatic rings. The van der Waals surface area contributed by atoms with Crippen LogP contribution in [0.15, 0.2) is 42.7 Å². The van der Waals surface area contributed by atoms with Gasteiger partial charge in [0.1, 0.15) is 17.9 Å². The van der Waals surface area contributed by atoms with Crippen LogP contribution in [-0.2, 0) is 47.6 Å². The molecule has 0 saturated carbocycles. The average molecular weight is 540 g/mol. The topological polar surface area (TPSA) is 89.4 Å². The van der Waals surface area contributed by atoms with Crippen molar-refractivity contribution in [3.05, 3.63) is 76.4 Å². The minimum Gasteiger partial charge on any atom is -0.379 e. The van der Waals surface area contributed by atoms with Crippen LogP contribution in [0.4, 0.5) is 18.9 Å². The lowest BCUT2D eigenvalue weighted by molar-refractivity contribution is -0.138. The molecule has 1 unspecified atom stereocenters. The second kappa shape index (κ2) is 9.56. The number of nitrogens with zero attached hydrogens (tertiary/aromatic N) is 4. The molecule has 1 N–H and O–H groups in total. The van der Waals surface area contributed by atoms with Crippen molar-refractivity contribution in [3.63, 3.8) is 0 Å². The van der Waals surface area contributed by atoms with Crippen molar-refractivity contribution in [2.45, 2.75) is 37.4 Å². The molecule has 0 spiro atoms. The van der Waals surface area contributed by atoms with Crippen LogP contribution in [-0.4, -0.2) is 52.8 Å². The van der Waals surface area contributed by atoms with Gasteiger partial charge in [0.25, 0.3) is 5.91 Å². The number of fused-ring (bicyclic) bond motifs is 1. The lowest BCUT2D eigenvalue weighted by atomic mass is 9.75. The van der Waals surface area contributed by atoms with Crippen LogP contribution in [0, 0.1) is 5.92 Å². The highest BCUT2D eigenvalue weighted by Crippen LogP contribution is 2.42. The number of ketones is 1. The monoisotopic (exact) mass is 539 g/mol. The third-order valence-electron chi connectivity index (χ3n) is 8.11. The molecule has 0 aliphatic carbocycles. The van der Waals surface area contributed by atoms with Crippen molar-refractivity contribution < 1.29 is 27.5 Å². The molecule has 3 aromatic rings. The summed E-state index contributed by atoms with van der Waals surface area (Å²) in [5.41, 5.74) is 0.637. The summed E-state index contributed by atoms with van der Waals surface area (Å²) in [6.45, 7) is 1.75. The summed E-state index contributed by atoms with van der Waals surface area (Å²) in [6.07, 6.45) is -1.90. The van der Waals surface area contributed by atoms with Gasteiger partial charge in [-0.05, 0) is 47.4 Å². The van der Waals surface area contributed by atoms with Crippen molar-refractivity contribution in [3.8, 4) is 0 Å². The second-order valence-corrected chi connectivity index (χ2v) is 10.7. The zero-order chi connectivity index (χ0) is 27.4. The fraction of sp³-hybridized carbons (Fsp3) is 0.429. The number of halogens is 3. The third-order valence-corrected chi connectivity index (χ3v) is 8.11. The Balaban J connectivity index is 1.32. The Bertz CT molecular complexity index is 1450. The van der Waals surface area contributed by atoms with Crippen molar-refractivity contribution in [2.24, 2.45) is 13.0 Å². The van der Waals surface area contributed by atoms with Crippen LogP contribution in [0.1, 0.15) is 44.9 Å². The van der Waals surface area contributed by atoms with Crippen molar-refractivity contribution in [1.29, 1.82) is 0 Å². The van der Waals surface area contributed by atoms with E-state index in [-0.39, 0.29) is 35.3 Å². The van der Waals surface area contributed by atoms with E-state index in [1.54, 1.807) is 12.4 Å². The standard InChI is InChI=1S/C28H28F3N5O3/c1-35-16-33-34-25(35)11-27(14-39-15-27)19-3-2-4-20(10-19)36-13-22-21(26(36)38)8-17(9-23(22)28(29,30)31)7-18-12-32-6-5-24(18)37/h2-4,8-10,16,18,32H,5-7,11-15H2,1H3. The molecule has 204 valence electrons. The number of hydrogen-bond acceptors (Lipinski definition) is 6. The van der Waals surface area contributed by atoms with Crippen LogP contribution in [0.5, 0.6) is 0 Å². The van der Waals surface area contributed by atoms with Crippen molar-refractivity contribution in [1.82, 2.24) is 20.1 Å². The van der Waals surface area contributed by atoms with Gasteiger partial charge in [-0.25, -0.2) is 0 Å². The summed E-state index contributed by atoms with van der Waals surface area (Å²) >= 11 is 0. The minimum atomic E-state index is -4.63. The number of piperidine rings is 1. The maximum atomic E-state index is 14.2. The van der Waals surface area contributed by atoms with E-state index < -0.39 is 23.6 Å². The molecule has 3 aliphatic heterocycles. The summed E-state index contributed by atoms with van der Waals surface area (Å²) in [6, 6.07) is 10.0. The smallest absolute Gasteiger partial charge is 0.379 e. The number of aryl methyl sites for hydroxylation is 1. The Morgan fingerprint density at radius 1 is 1.18 bits per heavy atom. The first-order chi connectivity index (χ1) is 18.6.